The van der Waals surface area contributed by atoms with Crippen molar-refractivity contribution in [3.63, 3.8) is 0 Å². The van der Waals surface area contributed by atoms with Gasteiger partial charge in [-0.15, -0.1) is 6.58 Å². The summed E-state index contributed by atoms with van der Waals surface area (Å²) in [6, 6.07) is 10.9. The van der Waals surface area contributed by atoms with Crippen molar-refractivity contribution >= 4 is 12.2 Å². The first-order valence-electron chi connectivity index (χ1n) is 6.24. The van der Waals surface area contributed by atoms with Crippen molar-refractivity contribution in [3.05, 3.63) is 70.7 Å². The minimum absolute atomic E-state index is 0.133. The maximum atomic E-state index is 11.5. The van der Waals surface area contributed by atoms with E-state index < -0.39 is 0 Å². The van der Waals surface area contributed by atoms with Crippen LogP contribution in [0.1, 0.15) is 11.3 Å². The molecule has 0 N–H and O–H groups in total. The Morgan fingerprint density at radius 3 is 2.60 bits per heavy atom. The topological polar surface area (TPSA) is 44.1 Å². The van der Waals surface area contributed by atoms with Gasteiger partial charge in [-0.3, -0.25) is 4.79 Å². The Morgan fingerprint density at radius 1 is 1.20 bits per heavy atom. The molecule has 1 aromatic heterocycles. The molecule has 1 heterocycles. The van der Waals surface area contributed by atoms with E-state index in [2.05, 4.69) is 11.7 Å². The molecule has 0 unspecified atom stereocenters. The van der Waals surface area contributed by atoms with Gasteiger partial charge < -0.3 is 4.74 Å². The molecule has 0 atom stereocenters. The molecular formula is C16H16N2O2. The zero-order valence-electron chi connectivity index (χ0n) is 11.3. The number of ether oxygens (including phenoxy) is 1. The van der Waals surface area contributed by atoms with Crippen molar-refractivity contribution in [2.24, 2.45) is 0 Å². The van der Waals surface area contributed by atoms with E-state index in [1.807, 2.05) is 36.4 Å². The number of rotatable bonds is 5. The first-order valence-corrected chi connectivity index (χ1v) is 6.24. The second-order valence-electron chi connectivity index (χ2n) is 4.17. The number of benzene rings is 1. The molecule has 2 rings (SSSR count). The molecule has 0 aliphatic rings. The third-order valence-corrected chi connectivity index (χ3v) is 2.75. The lowest BCUT2D eigenvalue weighted by Gasteiger charge is -2.01. The van der Waals surface area contributed by atoms with E-state index in [9.17, 15) is 4.79 Å². The third-order valence-electron chi connectivity index (χ3n) is 2.75. The van der Waals surface area contributed by atoms with Crippen LogP contribution in [0.4, 0.5) is 0 Å². The van der Waals surface area contributed by atoms with E-state index in [1.165, 1.54) is 10.7 Å². The molecule has 4 nitrogen and oxygen atoms in total. The van der Waals surface area contributed by atoms with Crippen LogP contribution in [0.2, 0.25) is 0 Å². The summed E-state index contributed by atoms with van der Waals surface area (Å²) in [6.45, 7) is 4.01. The SMILES string of the molecule is C=CCn1nc(C=Cc2ccc(OC)cc2)ccc1=O. The highest BCUT2D eigenvalue weighted by molar-refractivity contribution is 5.67. The maximum Gasteiger partial charge on any atom is 0.267 e. The molecule has 20 heavy (non-hydrogen) atoms. The number of hydrogen-bond donors (Lipinski definition) is 0. The minimum Gasteiger partial charge on any atom is -0.497 e. The van der Waals surface area contributed by atoms with E-state index >= 15 is 0 Å². The smallest absolute Gasteiger partial charge is 0.267 e. The molecule has 0 aliphatic heterocycles. The highest BCUT2D eigenvalue weighted by atomic mass is 16.5. The van der Waals surface area contributed by atoms with Crippen LogP contribution in [0.15, 0.2) is 53.8 Å². The zero-order valence-corrected chi connectivity index (χ0v) is 11.3. The highest BCUT2D eigenvalue weighted by Crippen LogP contribution is 2.13. The van der Waals surface area contributed by atoms with E-state index in [0.717, 1.165) is 17.0 Å². The van der Waals surface area contributed by atoms with Gasteiger partial charge in [0, 0.05) is 6.07 Å². The van der Waals surface area contributed by atoms with Crippen LogP contribution in [0.25, 0.3) is 12.2 Å². The number of aromatic nitrogens is 2. The van der Waals surface area contributed by atoms with Gasteiger partial charge in [0.2, 0.25) is 0 Å². The van der Waals surface area contributed by atoms with Crippen LogP contribution in [0, 0.1) is 0 Å². The van der Waals surface area contributed by atoms with Crippen molar-refractivity contribution in [3.8, 4) is 5.75 Å². The summed E-state index contributed by atoms with van der Waals surface area (Å²) in [5.41, 5.74) is 1.63. The molecule has 0 radical (unpaired) electrons. The molecule has 0 spiro atoms. The van der Waals surface area contributed by atoms with Gasteiger partial charge in [0.05, 0.1) is 19.3 Å². The van der Waals surface area contributed by atoms with E-state index in [0.29, 0.717) is 6.54 Å². The molecule has 0 aliphatic carbocycles. The fourth-order valence-corrected chi connectivity index (χ4v) is 1.70. The molecule has 4 heteroatoms. The summed E-state index contributed by atoms with van der Waals surface area (Å²) < 4.78 is 6.48. The van der Waals surface area contributed by atoms with Crippen LogP contribution in [0.3, 0.4) is 0 Å². The second kappa shape index (κ2) is 6.52. The third kappa shape index (κ3) is 3.45. The van der Waals surface area contributed by atoms with Crippen LogP contribution < -0.4 is 10.3 Å². The number of methoxy groups -OCH3 is 1. The Kier molecular flexibility index (Phi) is 4.50. The standard InChI is InChI=1S/C16H16N2O2/c1-3-12-18-16(19)11-8-14(17-18)7-4-13-5-9-15(20-2)10-6-13/h3-11H,1,12H2,2H3. The fourth-order valence-electron chi connectivity index (χ4n) is 1.70. The number of nitrogens with zero attached hydrogens (tertiary/aromatic N) is 2. The lowest BCUT2D eigenvalue weighted by Crippen LogP contribution is -2.21. The largest absolute Gasteiger partial charge is 0.497 e. The van der Waals surface area contributed by atoms with Crippen LogP contribution in [-0.2, 0) is 6.54 Å². The quantitative estimate of drug-likeness (QED) is 0.783. The van der Waals surface area contributed by atoms with Gasteiger partial charge >= 0.3 is 0 Å². The Morgan fingerprint density at radius 2 is 1.95 bits per heavy atom. The fraction of sp³-hybridized carbons (Fsp3) is 0.125. The Hall–Kier alpha value is -2.62. The molecular weight excluding hydrogens is 252 g/mol. The molecule has 0 saturated carbocycles. The van der Waals surface area contributed by atoms with E-state index in [-0.39, 0.29) is 5.56 Å². The minimum atomic E-state index is -0.133. The molecule has 0 saturated heterocycles. The van der Waals surface area contributed by atoms with Crippen molar-refractivity contribution < 1.29 is 4.74 Å². The molecule has 0 bridgehead atoms. The maximum absolute atomic E-state index is 11.5. The van der Waals surface area contributed by atoms with Crippen molar-refractivity contribution in [2.45, 2.75) is 6.54 Å². The first-order chi connectivity index (χ1) is 9.72. The molecule has 2 aromatic rings. The number of hydrogen-bond acceptors (Lipinski definition) is 3. The Bertz CT molecular complexity index is 670. The van der Waals surface area contributed by atoms with Crippen LogP contribution in [-0.4, -0.2) is 16.9 Å². The molecule has 1 aromatic carbocycles. The average Bonchev–Trinajstić information content (AvgIpc) is 2.49. The van der Waals surface area contributed by atoms with Crippen molar-refractivity contribution in [1.29, 1.82) is 0 Å². The summed E-state index contributed by atoms with van der Waals surface area (Å²) in [5.74, 6) is 0.819. The van der Waals surface area contributed by atoms with Crippen LogP contribution >= 0.6 is 0 Å². The summed E-state index contributed by atoms with van der Waals surface area (Å²) in [6.07, 6.45) is 5.44. The highest BCUT2D eigenvalue weighted by Gasteiger charge is 1.96. The van der Waals surface area contributed by atoms with Gasteiger partial charge in [-0.1, -0.05) is 24.3 Å². The lowest BCUT2D eigenvalue weighted by molar-refractivity contribution is 0.415. The lowest BCUT2D eigenvalue weighted by atomic mass is 10.2. The molecule has 0 fully saturated rings. The predicted octanol–water partition coefficient (Wildman–Crippen LogP) is 2.61. The van der Waals surface area contributed by atoms with Crippen molar-refractivity contribution in [2.75, 3.05) is 7.11 Å². The number of allylic oxidation sites excluding steroid dienone is 1. The van der Waals surface area contributed by atoms with Gasteiger partial charge in [0.1, 0.15) is 5.75 Å². The van der Waals surface area contributed by atoms with Crippen LogP contribution in [0.5, 0.6) is 5.75 Å². The van der Waals surface area contributed by atoms with E-state index in [4.69, 9.17) is 4.74 Å². The zero-order chi connectivity index (χ0) is 14.4. The second-order valence-corrected chi connectivity index (χ2v) is 4.17. The summed E-state index contributed by atoms with van der Waals surface area (Å²) in [5, 5.41) is 4.23. The Balaban J connectivity index is 2.19. The van der Waals surface area contributed by atoms with Gasteiger partial charge in [-0.25, -0.2) is 4.68 Å². The van der Waals surface area contributed by atoms with Gasteiger partial charge in [-0.2, -0.15) is 5.10 Å². The average molecular weight is 268 g/mol. The molecule has 0 amide bonds. The molecule has 102 valence electrons. The van der Waals surface area contributed by atoms with Gasteiger partial charge in [0.15, 0.2) is 0 Å². The van der Waals surface area contributed by atoms with E-state index in [1.54, 1.807) is 19.3 Å². The van der Waals surface area contributed by atoms with Crippen molar-refractivity contribution in [1.82, 2.24) is 9.78 Å². The normalized spacial score (nSPS) is 10.7. The summed E-state index contributed by atoms with van der Waals surface area (Å²) >= 11 is 0. The summed E-state index contributed by atoms with van der Waals surface area (Å²) in [4.78, 5) is 11.5. The van der Waals surface area contributed by atoms with Gasteiger partial charge in [0.25, 0.3) is 5.56 Å². The predicted molar refractivity (Wildman–Crippen MR) is 80.6 cm³/mol. The van der Waals surface area contributed by atoms with Gasteiger partial charge in [-0.05, 0) is 29.8 Å². The summed E-state index contributed by atoms with van der Waals surface area (Å²) in [7, 11) is 1.64. The Labute approximate surface area is 117 Å². The first kappa shape index (κ1) is 13.8. The monoisotopic (exact) mass is 268 g/mol.